The Morgan fingerprint density at radius 1 is 1.73 bits per heavy atom. The molecule has 0 aliphatic heterocycles. The zero-order chi connectivity index (χ0) is 8.85. The van der Waals surface area contributed by atoms with E-state index >= 15 is 0 Å². The molecule has 0 fully saturated rings. The molecule has 0 aliphatic carbocycles. The van der Waals surface area contributed by atoms with Gasteiger partial charge in [0.15, 0.2) is 0 Å². The number of esters is 1. The Morgan fingerprint density at radius 3 is 2.64 bits per heavy atom. The smallest absolute Gasteiger partial charge is 0.324 e. The van der Waals surface area contributed by atoms with Gasteiger partial charge in [0.1, 0.15) is 6.04 Å². The van der Waals surface area contributed by atoms with Crippen LogP contribution in [0.1, 0.15) is 20.3 Å². The van der Waals surface area contributed by atoms with Gasteiger partial charge >= 0.3 is 5.97 Å². The number of rotatable bonds is 4. The summed E-state index contributed by atoms with van der Waals surface area (Å²) in [7, 11) is 0. The van der Waals surface area contributed by atoms with Crippen LogP contribution < -0.4 is 5.73 Å². The molecule has 0 bridgehead atoms. The van der Waals surface area contributed by atoms with Crippen molar-refractivity contribution in [3.8, 4) is 0 Å². The molecule has 0 aromatic rings. The van der Waals surface area contributed by atoms with Gasteiger partial charge in [0.25, 0.3) is 0 Å². The molecule has 0 rings (SSSR count). The van der Waals surface area contributed by atoms with Crippen molar-refractivity contribution >= 4 is 18.6 Å². The van der Waals surface area contributed by atoms with Gasteiger partial charge in [0.05, 0.1) is 6.10 Å². The second-order valence-electron chi connectivity index (χ2n) is 2.44. The van der Waals surface area contributed by atoms with Crippen molar-refractivity contribution in [2.24, 2.45) is 5.73 Å². The monoisotopic (exact) mass is 177 g/mol. The van der Waals surface area contributed by atoms with Gasteiger partial charge in [-0.05, 0) is 13.3 Å². The fraction of sp³-hybridized carbons (Fsp3) is 0.857. The van der Waals surface area contributed by atoms with Crippen molar-refractivity contribution in [1.82, 2.24) is 0 Å². The minimum atomic E-state index is -0.590. The number of carbonyl (C=O) groups excluding carboxylic acids is 1. The Kier molecular flexibility index (Phi) is 5.32. The summed E-state index contributed by atoms with van der Waals surface area (Å²) >= 11 is 3.88. The summed E-state index contributed by atoms with van der Waals surface area (Å²) in [6.45, 7) is 3.79. The molecule has 0 aliphatic rings. The van der Waals surface area contributed by atoms with Crippen LogP contribution in [0.5, 0.6) is 0 Å². The van der Waals surface area contributed by atoms with Crippen LogP contribution in [0.4, 0.5) is 0 Å². The summed E-state index contributed by atoms with van der Waals surface area (Å²) < 4.78 is 4.94. The fourth-order valence-corrected chi connectivity index (χ4v) is 0.593. The fourth-order valence-electron chi connectivity index (χ4n) is 0.444. The Labute approximate surface area is 72.7 Å². The normalized spacial score (nSPS) is 15.6. The maximum Gasteiger partial charge on any atom is 0.324 e. The van der Waals surface area contributed by atoms with Crippen molar-refractivity contribution in [2.75, 3.05) is 5.75 Å². The minimum absolute atomic E-state index is 0.0477. The van der Waals surface area contributed by atoms with E-state index in [1.807, 2.05) is 13.8 Å². The second kappa shape index (κ2) is 5.43. The number of nitrogens with two attached hydrogens (primary N) is 1. The van der Waals surface area contributed by atoms with Crippen molar-refractivity contribution in [2.45, 2.75) is 32.4 Å². The lowest BCUT2D eigenvalue weighted by Crippen LogP contribution is -2.35. The van der Waals surface area contributed by atoms with Crippen molar-refractivity contribution in [1.29, 1.82) is 0 Å². The molecule has 66 valence electrons. The molecule has 0 spiro atoms. The Balaban J connectivity index is 3.68. The number of ether oxygens (including phenoxy) is 1. The van der Waals surface area contributed by atoms with Gasteiger partial charge in [-0.15, -0.1) is 0 Å². The van der Waals surface area contributed by atoms with E-state index in [-0.39, 0.29) is 12.1 Å². The Morgan fingerprint density at radius 2 is 2.27 bits per heavy atom. The first-order chi connectivity index (χ1) is 5.11. The van der Waals surface area contributed by atoms with E-state index in [1.165, 1.54) is 0 Å². The first kappa shape index (κ1) is 10.8. The van der Waals surface area contributed by atoms with Crippen LogP contribution in [0.2, 0.25) is 0 Å². The predicted octanol–water partition coefficient (Wildman–Crippen LogP) is 0.585. The largest absolute Gasteiger partial charge is 0.462 e. The van der Waals surface area contributed by atoms with Gasteiger partial charge in [-0.25, -0.2) is 0 Å². The first-order valence-electron chi connectivity index (χ1n) is 3.68. The quantitative estimate of drug-likeness (QED) is 0.488. The van der Waals surface area contributed by atoms with Gasteiger partial charge in [-0.1, -0.05) is 6.92 Å². The zero-order valence-corrected chi connectivity index (χ0v) is 7.80. The van der Waals surface area contributed by atoms with Crippen LogP contribution in [0.25, 0.3) is 0 Å². The highest BCUT2D eigenvalue weighted by Gasteiger charge is 2.14. The highest BCUT2D eigenvalue weighted by Crippen LogP contribution is 1.98. The molecule has 11 heavy (non-hydrogen) atoms. The molecule has 0 amide bonds. The molecular weight excluding hydrogens is 162 g/mol. The van der Waals surface area contributed by atoms with Crippen LogP contribution in [-0.4, -0.2) is 23.9 Å². The number of hydrogen-bond acceptors (Lipinski definition) is 4. The highest BCUT2D eigenvalue weighted by molar-refractivity contribution is 7.80. The maximum absolute atomic E-state index is 10.9. The van der Waals surface area contributed by atoms with Gasteiger partial charge in [0, 0.05) is 5.75 Å². The molecular formula is C7H15NO2S. The molecule has 4 heteroatoms. The molecule has 2 N–H and O–H groups in total. The van der Waals surface area contributed by atoms with Crippen molar-refractivity contribution < 1.29 is 9.53 Å². The summed E-state index contributed by atoms with van der Waals surface area (Å²) in [6, 6.07) is -0.590. The van der Waals surface area contributed by atoms with Crippen LogP contribution in [0, 0.1) is 0 Å². The minimum Gasteiger partial charge on any atom is -0.462 e. The Hall–Kier alpha value is -0.220. The molecule has 0 heterocycles. The van der Waals surface area contributed by atoms with Gasteiger partial charge in [-0.2, -0.15) is 12.6 Å². The first-order valence-corrected chi connectivity index (χ1v) is 4.32. The van der Waals surface area contributed by atoms with Crippen LogP contribution in [0.3, 0.4) is 0 Å². The Bertz CT molecular complexity index is 130. The van der Waals surface area contributed by atoms with E-state index in [9.17, 15) is 4.79 Å². The van der Waals surface area contributed by atoms with E-state index in [4.69, 9.17) is 10.5 Å². The third-order valence-corrected chi connectivity index (χ3v) is 1.79. The lowest BCUT2D eigenvalue weighted by atomic mass is 10.3. The lowest BCUT2D eigenvalue weighted by molar-refractivity contribution is -0.149. The summed E-state index contributed by atoms with van der Waals surface area (Å²) in [5.74, 6) is -0.0377. The molecule has 0 aromatic heterocycles. The molecule has 1 unspecified atom stereocenters. The summed E-state index contributed by atoms with van der Waals surface area (Å²) in [5, 5.41) is 0. The number of thiol groups is 1. The molecule has 3 nitrogen and oxygen atoms in total. The lowest BCUT2D eigenvalue weighted by Gasteiger charge is -2.13. The van der Waals surface area contributed by atoms with E-state index in [2.05, 4.69) is 12.6 Å². The van der Waals surface area contributed by atoms with Crippen LogP contribution in [-0.2, 0) is 9.53 Å². The van der Waals surface area contributed by atoms with Gasteiger partial charge in [-0.3, -0.25) is 4.79 Å². The van der Waals surface area contributed by atoms with Crippen LogP contribution >= 0.6 is 12.6 Å². The average molecular weight is 177 g/mol. The highest BCUT2D eigenvalue weighted by atomic mass is 32.1. The van der Waals surface area contributed by atoms with Crippen LogP contribution in [0.15, 0.2) is 0 Å². The SMILES string of the molecule is CCC(C)OC(=O)[C@H](N)CS. The standard InChI is InChI=1S/C7H15NO2S/c1-3-5(2)10-7(9)6(8)4-11/h5-6,11H,3-4,8H2,1-2H3/t5?,6-/m1/s1. The molecule has 0 saturated carbocycles. The molecule has 0 radical (unpaired) electrons. The van der Waals surface area contributed by atoms with E-state index in [1.54, 1.807) is 0 Å². The van der Waals surface area contributed by atoms with Gasteiger partial charge in [0.2, 0.25) is 0 Å². The number of carbonyl (C=O) groups is 1. The van der Waals surface area contributed by atoms with E-state index < -0.39 is 6.04 Å². The molecule has 0 aromatic carbocycles. The van der Waals surface area contributed by atoms with Gasteiger partial charge < -0.3 is 10.5 Å². The molecule has 2 atom stereocenters. The second-order valence-corrected chi connectivity index (χ2v) is 2.81. The number of hydrogen-bond donors (Lipinski definition) is 2. The topological polar surface area (TPSA) is 52.3 Å². The average Bonchev–Trinajstić information content (AvgIpc) is 2.02. The summed E-state index contributed by atoms with van der Waals surface area (Å²) in [5.41, 5.74) is 5.37. The third kappa shape index (κ3) is 4.27. The summed E-state index contributed by atoms with van der Waals surface area (Å²) in [6.07, 6.45) is 0.763. The van der Waals surface area contributed by atoms with E-state index in [0.717, 1.165) is 6.42 Å². The molecule has 0 saturated heterocycles. The summed E-state index contributed by atoms with van der Waals surface area (Å²) in [4.78, 5) is 10.9. The van der Waals surface area contributed by atoms with E-state index in [0.29, 0.717) is 5.75 Å². The predicted molar refractivity (Wildman–Crippen MR) is 47.7 cm³/mol. The van der Waals surface area contributed by atoms with Crippen molar-refractivity contribution in [3.63, 3.8) is 0 Å². The third-order valence-electron chi connectivity index (χ3n) is 1.39. The van der Waals surface area contributed by atoms with Crippen molar-refractivity contribution in [3.05, 3.63) is 0 Å². The maximum atomic E-state index is 10.9. The zero-order valence-electron chi connectivity index (χ0n) is 6.91.